The van der Waals surface area contributed by atoms with Crippen LogP contribution in [0.4, 0.5) is 0 Å². The molecule has 4 rings (SSSR count). The molecule has 1 fully saturated rings. The van der Waals surface area contributed by atoms with E-state index in [1.807, 2.05) is 41.8 Å². The van der Waals surface area contributed by atoms with Gasteiger partial charge in [0, 0.05) is 11.4 Å². The molecule has 2 heterocycles. The second kappa shape index (κ2) is 7.54. The van der Waals surface area contributed by atoms with Crippen LogP contribution in [0.5, 0.6) is 0 Å². The van der Waals surface area contributed by atoms with E-state index in [4.69, 9.17) is 4.98 Å². The van der Waals surface area contributed by atoms with Crippen LogP contribution in [0.1, 0.15) is 25.7 Å². The van der Waals surface area contributed by atoms with E-state index in [1.54, 1.807) is 11.3 Å². The summed E-state index contributed by atoms with van der Waals surface area (Å²) < 4.78 is 0. The first kappa shape index (κ1) is 16.5. The number of nitrogens with one attached hydrogen (secondary N) is 1. The monoisotopic (exact) mass is 369 g/mol. The Hall–Kier alpha value is -1.92. The first-order valence-corrected chi connectivity index (χ1v) is 10.4. The third-order valence-corrected chi connectivity index (χ3v) is 6.23. The Morgan fingerprint density at radius 1 is 1.16 bits per heavy atom. The molecular weight excluding hydrogens is 350 g/mol. The highest BCUT2D eigenvalue weighted by atomic mass is 32.2. The van der Waals surface area contributed by atoms with Crippen LogP contribution >= 0.6 is 23.1 Å². The molecule has 0 aliphatic heterocycles. The molecule has 0 unspecified atom stereocenters. The molecule has 128 valence electrons. The standard InChI is InChI=1S/C19H19N3OS2/c23-17(20-13-6-1-2-7-13)12-25-19-14-8-3-4-9-15(14)21-18(22-19)16-10-5-11-24-16/h3-5,8-11,13H,1-2,6-7,12H2,(H,20,23). The summed E-state index contributed by atoms with van der Waals surface area (Å²) in [5, 5.41) is 7.03. The molecule has 1 saturated carbocycles. The summed E-state index contributed by atoms with van der Waals surface area (Å²) in [5.74, 6) is 1.21. The van der Waals surface area contributed by atoms with Crippen LogP contribution in [0.15, 0.2) is 46.8 Å². The molecule has 1 aliphatic rings. The summed E-state index contributed by atoms with van der Waals surface area (Å²) in [5.41, 5.74) is 0.916. The van der Waals surface area contributed by atoms with Crippen molar-refractivity contribution in [2.45, 2.75) is 36.8 Å². The number of rotatable bonds is 5. The van der Waals surface area contributed by atoms with Gasteiger partial charge in [-0.25, -0.2) is 9.97 Å². The average molecular weight is 370 g/mol. The minimum Gasteiger partial charge on any atom is -0.353 e. The Bertz CT molecular complexity index is 874. The number of thiophene rings is 1. The van der Waals surface area contributed by atoms with Crippen LogP contribution in [0.3, 0.4) is 0 Å². The molecule has 2 aromatic heterocycles. The zero-order chi connectivity index (χ0) is 17.1. The van der Waals surface area contributed by atoms with Gasteiger partial charge in [-0.05, 0) is 30.4 Å². The molecule has 25 heavy (non-hydrogen) atoms. The van der Waals surface area contributed by atoms with Crippen molar-refractivity contribution in [3.63, 3.8) is 0 Å². The van der Waals surface area contributed by atoms with Crippen molar-refractivity contribution in [1.82, 2.24) is 15.3 Å². The number of carbonyl (C=O) groups is 1. The van der Waals surface area contributed by atoms with Gasteiger partial charge in [-0.2, -0.15) is 0 Å². The van der Waals surface area contributed by atoms with Gasteiger partial charge >= 0.3 is 0 Å². The topological polar surface area (TPSA) is 54.9 Å². The fourth-order valence-electron chi connectivity index (χ4n) is 3.15. The van der Waals surface area contributed by atoms with E-state index in [-0.39, 0.29) is 5.91 Å². The Balaban J connectivity index is 1.56. The predicted molar refractivity (Wildman–Crippen MR) is 104 cm³/mol. The number of hydrogen-bond donors (Lipinski definition) is 1. The lowest BCUT2D eigenvalue weighted by Crippen LogP contribution is -2.33. The third-order valence-electron chi connectivity index (χ3n) is 4.37. The summed E-state index contributed by atoms with van der Waals surface area (Å²) in [7, 11) is 0. The number of fused-ring (bicyclic) bond motifs is 1. The van der Waals surface area contributed by atoms with Crippen molar-refractivity contribution in [3.8, 4) is 10.7 Å². The number of nitrogens with zero attached hydrogens (tertiary/aromatic N) is 2. The summed E-state index contributed by atoms with van der Waals surface area (Å²) in [6, 6.07) is 12.4. The Kier molecular flexibility index (Phi) is 4.99. The van der Waals surface area contributed by atoms with Crippen molar-refractivity contribution >= 4 is 39.9 Å². The Morgan fingerprint density at radius 2 is 2.00 bits per heavy atom. The minimum absolute atomic E-state index is 0.0947. The fraction of sp³-hybridized carbons (Fsp3) is 0.316. The van der Waals surface area contributed by atoms with E-state index in [1.165, 1.54) is 24.6 Å². The van der Waals surface area contributed by atoms with Crippen LogP contribution in [-0.4, -0.2) is 27.7 Å². The van der Waals surface area contributed by atoms with E-state index >= 15 is 0 Å². The lowest BCUT2D eigenvalue weighted by atomic mass is 10.2. The van der Waals surface area contributed by atoms with Crippen molar-refractivity contribution in [1.29, 1.82) is 0 Å². The van der Waals surface area contributed by atoms with Gasteiger partial charge in [0.25, 0.3) is 0 Å². The van der Waals surface area contributed by atoms with Crippen molar-refractivity contribution in [2.75, 3.05) is 5.75 Å². The quantitative estimate of drug-likeness (QED) is 0.531. The van der Waals surface area contributed by atoms with Gasteiger partial charge in [-0.15, -0.1) is 11.3 Å². The molecule has 3 aromatic rings. The van der Waals surface area contributed by atoms with E-state index in [0.717, 1.165) is 39.5 Å². The number of para-hydroxylation sites is 1. The molecule has 1 amide bonds. The maximum absolute atomic E-state index is 12.2. The molecule has 1 N–H and O–H groups in total. The molecule has 4 nitrogen and oxygen atoms in total. The maximum atomic E-state index is 12.2. The van der Waals surface area contributed by atoms with Gasteiger partial charge in [0.05, 0.1) is 16.1 Å². The van der Waals surface area contributed by atoms with Gasteiger partial charge < -0.3 is 5.32 Å². The highest BCUT2D eigenvalue weighted by Gasteiger charge is 2.18. The van der Waals surface area contributed by atoms with Crippen LogP contribution < -0.4 is 5.32 Å². The van der Waals surface area contributed by atoms with E-state index < -0.39 is 0 Å². The van der Waals surface area contributed by atoms with Crippen LogP contribution in [0.25, 0.3) is 21.6 Å². The Labute approximate surface area is 155 Å². The minimum atomic E-state index is 0.0947. The molecule has 0 bridgehead atoms. The third kappa shape index (κ3) is 3.85. The van der Waals surface area contributed by atoms with E-state index in [9.17, 15) is 4.79 Å². The van der Waals surface area contributed by atoms with Crippen molar-refractivity contribution in [2.24, 2.45) is 0 Å². The smallest absolute Gasteiger partial charge is 0.230 e. The number of carbonyl (C=O) groups excluding carboxylic acids is 1. The zero-order valence-corrected chi connectivity index (χ0v) is 15.4. The second-order valence-corrected chi connectivity index (χ2v) is 8.10. The largest absolute Gasteiger partial charge is 0.353 e. The summed E-state index contributed by atoms with van der Waals surface area (Å²) in [4.78, 5) is 22.7. The number of thioether (sulfide) groups is 1. The van der Waals surface area contributed by atoms with Gasteiger partial charge in [0.15, 0.2) is 5.82 Å². The first-order valence-electron chi connectivity index (χ1n) is 8.52. The highest BCUT2D eigenvalue weighted by Crippen LogP contribution is 2.30. The molecule has 1 aliphatic carbocycles. The summed E-state index contributed by atoms with van der Waals surface area (Å²) in [6.07, 6.45) is 4.66. The van der Waals surface area contributed by atoms with Crippen molar-refractivity contribution in [3.05, 3.63) is 41.8 Å². The molecule has 0 atom stereocenters. The fourth-order valence-corrected chi connectivity index (χ4v) is 4.63. The number of amides is 1. The van der Waals surface area contributed by atoms with Crippen LogP contribution in [-0.2, 0) is 4.79 Å². The van der Waals surface area contributed by atoms with Gasteiger partial charge in [-0.1, -0.05) is 48.9 Å². The zero-order valence-electron chi connectivity index (χ0n) is 13.8. The number of benzene rings is 1. The highest BCUT2D eigenvalue weighted by molar-refractivity contribution is 8.00. The number of aromatic nitrogens is 2. The molecule has 0 saturated heterocycles. The van der Waals surface area contributed by atoms with E-state index in [2.05, 4.69) is 10.3 Å². The van der Waals surface area contributed by atoms with Crippen molar-refractivity contribution < 1.29 is 4.79 Å². The molecular formula is C19H19N3OS2. The van der Waals surface area contributed by atoms with Crippen LogP contribution in [0, 0.1) is 0 Å². The second-order valence-electron chi connectivity index (χ2n) is 6.18. The first-order chi connectivity index (χ1) is 12.3. The molecule has 6 heteroatoms. The van der Waals surface area contributed by atoms with Crippen LogP contribution in [0.2, 0.25) is 0 Å². The lowest BCUT2D eigenvalue weighted by Gasteiger charge is -2.12. The van der Waals surface area contributed by atoms with Gasteiger partial charge in [0.2, 0.25) is 5.91 Å². The van der Waals surface area contributed by atoms with Gasteiger partial charge in [0.1, 0.15) is 5.03 Å². The van der Waals surface area contributed by atoms with Gasteiger partial charge in [-0.3, -0.25) is 4.79 Å². The lowest BCUT2D eigenvalue weighted by molar-refractivity contribution is -0.119. The Morgan fingerprint density at radius 3 is 2.80 bits per heavy atom. The number of hydrogen-bond acceptors (Lipinski definition) is 5. The summed E-state index contributed by atoms with van der Waals surface area (Å²) >= 11 is 3.12. The average Bonchev–Trinajstić information content (AvgIpc) is 3.33. The van der Waals surface area contributed by atoms with E-state index in [0.29, 0.717) is 11.8 Å². The molecule has 0 spiro atoms. The molecule has 1 aromatic carbocycles. The maximum Gasteiger partial charge on any atom is 0.230 e. The summed E-state index contributed by atoms with van der Waals surface area (Å²) in [6.45, 7) is 0. The predicted octanol–water partition coefficient (Wildman–Crippen LogP) is 4.51. The normalized spacial score (nSPS) is 14.9. The SMILES string of the molecule is O=C(CSc1nc(-c2cccs2)nc2ccccc12)NC1CCCC1. The molecule has 0 radical (unpaired) electrons.